The number of aliphatic carboxylic acids is 1. The Balaban J connectivity index is 1.54. The van der Waals surface area contributed by atoms with Crippen molar-refractivity contribution < 1.29 is 37.6 Å². The van der Waals surface area contributed by atoms with E-state index in [1.165, 1.54) is 58.2 Å². The molecule has 18 heteroatoms. The zero-order chi connectivity index (χ0) is 27.8. The van der Waals surface area contributed by atoms with Gasteiger partial charge >= 0.3 is 5.97 Å². The van der Waals surface area contributed by atoms with E-state index in [0.29, 0.717) is 22.0 Å². The number of nitrogens with zero attached hydrogens (tertiary/aromatic N) is 5. The van der Waals surface area contributed by atoms with Gasteiger partial charge in [-0.15, -0.1) is 16.9 Å². The summed E-state index contributed by atoms with van der Waals surface area (Å²) in [6.07, 6.45) is 1.77. The zero-order valence-corrected chi connectivity index (χ0v) is 23.1. The number of benzene rings is 1. The summed E-state index contributed by atoms with van der Waals surface area (Å²) >= 11 is 3.77. The van der Waals surface area contributed by atoms with Gasteiger partial charge in [0.2, 0.25) is 11.1 Å². The molecule has 0 saturated carbocycles. The van der Waals surface area contributed by atoms with Crippen molar-refractivity contribution in [1.82, 2.24) is 30.4 Å². The van der Waals surface area contributed by atoms with E-state index in [1.54, 1.807) is 13.3 Å². The Kier molecular flexibility index (Phi) is 8.26. The van der Waals surface area contributed by atoms with E-state index in [0.717, 1.165) is 4.90 Å². The maximum Gasteiger partial charge on any atom is 0.352 e. The molecule has 38 heavy (non-hydrogen) atoms. The summed E-state index contributed by atoms with van der Waals surface area (Å²) in [5.41, 5.74) is 0.531. The van der Waals surface area contributed by atoms with E-state index in [2.05, 4.69) is 20.8 Å². The van der Waals surface area contributed by atoms with E-state index in [4.69, 9.17) is 0 Å². The molecule has 0 spiro atoms. The number of phenols is 1. The van der Waals surface area contributed by atoms with Crippen LogP contribution in [0.25, 0.3) is 0 Å². The number of hydrogen-bond acceptors (Lipinski definition) is 12. The van der Waals surface area contributed by atoms with Gasteiger partial charge in [0.15, 0.2) is 5.25 Å². The molecule has 3 atom stereocenters. The van der Waals surface area contributed by atoms with Crippen molar-refractivity contribution in [2.45, 2.75) is 27.6 Å². The fraction of sp³-hybridized carbons (Fsp3) is 0.400. The molecule has 0 radical (unpaired) electrons. The first-order valence-corrected chi connectivity index (χ1v) is 15.7. The minimum atomic E-state index is -4.96. The number of nitrogens with one attached hydrogen (secondary N) is 1. The van der Waals surface area contributed by atoms with Crippen LogP contribution in [0.3, 0.4) is 0 Å². The number of aromatic nitrogens is 4. The van der Waals surface area contributed by atoms with Gasteiger partial charge in [-0.3, -0.25) is 19.0 Å². The number of amides is 2. The number of phenolic OH excluding ortho intramolecular Hbond substituents is 1. The van der Waals surface area contributed by atoms with E-state index in [9.17, 15) is 37.6 Å². The number of β-lactam (4-membered cyclic amide) rings is 1. The highest BCUT2D eigenvalue weighted by molar-refractivity contribution is 8.01. The largest absolute Gasteiger partial charge is 0.508 e. The number of aromatic hydroxyl groups is 1. The Hall–Kier alpha value is -2.80. The summed E-state index contributed by atoms with van der Waals surface area (Å²) in [4.78, 5) is 39.2. The molecule has 0 bridgehead atoms. The van der Waals surface area contributed by atoms with Gasteiger partial charge in [0.25, 0.3) is 16.0 Å². The van der Waals surface area contributed by atoms with Crippen LogP contribution in [-0.2, 0) is 37.3 Å². The van der Waals surface area contributed by atoms with Gasteiger partial charge in [0, 0.05) is 29.9 Å². The third-order valence-electron chi connectivity index (χ3n) is 5.75. The molecule has 1 aromatic heterocycles. The van der Waals surface area contributed by atoms with Crippen LogP contribution < -0.4 is 5.32 Å². The molecule has 1 aromatic carbocycles. The lowest BCUT2D eigenvalue weighted by Crippen LogP contribution is -2.71. The van der Waals surface area contributed by atoms with Crippen molar-refractivity contribution in [3.8, 4) is 5.75 Å². The third kappa shape index (κ3) is 5.49. The Morgan fingerprint density at radius 1 is 1.32 bits per heavy atom. The van der Waals surface area contributed by atoms with Crippen LogP contribution in [0.2, 0.25) is 0 Å². The van der Waals surface area contributed by atoms with Crippen molar-refractivity contribution in [1.29, 1.82) is 0 Å². The van der Waals surface area contributed by atoms with Gasteiger partial charge in [-0.05, 0) is 40.0 Å². The van der Waals surface area contributed by atoms with Crippen molar-refractivity contribution in [2.24, 2.45) is 7.05 Å². The van der Waals surface area contributed by atoms with E-state index < -0.39 is 44.6 Å². The first kappa shape index (κ1) is 28.2. The smallest absolute Gasteiger partial charge is 0.352 e. The molecule has 1 fully saturated rings. The van der Waals surface area contributed by atoms with E-state index in [-0.39, 0.29) is 28.5 Å². The molecule has 2 aliphatic rings. The number of fused-ring (bicyclic) bond motifs is 1. The summed E-state index contributed by atoms with van der Waals surface area (Å²) in [5, 5.41) is 30.9. The molecule has 0 aliphatic carbocycles. The Morgan fingerprint density at radius 3 is 2.66 bits per heavy atom. The average molecular weight is 603 g/mol. The number of carbonyl (C=O) groups is 3. The van der Waals surface area contributed by atoms with Crippen molar-refractivity contribution in [3.63, 3.8) is 0 Å². The van der Waals surface area contributed by atoms with Crippen LogP contribution in [0.1, 0.15) is 16.4 Å². The zero-order valence-electron chi connectivity index (χ0n) is 19.8. The predicted octanol–water partition coefficient (Wildman–Crippen LogP) is 0.239. The molecule has 2 aromatic rings. The summed E-state index contributed by atoms with van der Waals surface area (Å²) < 4.78 is 35.6. The molecule has 2 amide bonds. The normalized spacial score (nSPS) is 20.1. The Bertz CT molecular complexity index is 1430. The number of carboxylic acid groups (broad SMARTS) is 1. The molecule has 3 unspecified atom stereocenters. The molecule has 4 rings (SSSR count). The standard InChI is InChI=1S/C20H22N6O8S4/c1-25-20(22-23-24-25)37-8-11-7-36-18-13(17(29)26(18)14(11)19(30)31)21-16(28)15(38(32,33)34)9-3-4-12(27)10(5-9)6-35-2/h3-5,13,15,18,27H,6-8H2,1-2H3,(H,21,28)(H,30,31)(H,32,33,34). The van der Waals surface area contributed by atoms with Crippen molar-refractivity contribution >= 4 is 63.2 Å². The molecule has 14 nitrogen and oxygen atoms in total. The molecule has 1 saturated heterocycles. The van der Waals surface area contributed by atoms with Gasteiger partial charge in [0.05, 0.1) is 0 Å². The Labute approximate surface area is 229 Å². The second kappa shape index (κ2) is 11.1. The Morgan fingerprint density at radius 2 is 2.05 bits per heavy atom. The number of hydrogen-bond donors (Lipinski definition) is 4. The minimum Gasteiger partial charge on any atom is -0.508 e. The highest BCUT2D eigenvalue weighted by Crippen LogP contribution is 2.42. The third-order valence-corrected chi connectivity index (χ3v) is 9.86. The summed E-state index contributed by atoms with van der Waals surface area (Å²) in [6.45, 7) is 0. The lowest BCUT2D eigenvalue weighted by molar-refractivity contribution is -0.150. The van der Waals surface area contributed by atoms with Crippen LogP contribution in [0.5, 0.6) is 5.75 Å². The number of carboxylic acids is 1. The molecule has 4 N–H and O–H groups in total. The average Bonchev–Trinajstić information content (AvgIpc) is 3.26. The van der Waals surface area contributed by atoms with Crippen LogP contribution in [0.4, 0.5) is 0 Å². The predicted molar refractivity (Wildman–Crippen MR) is 139 cm³/mol. The molecule has 204 valence electrons. The number of carbonyl (C=O) groups excluding carboxylic acids is 2. The number of tetrazole rings is 1. The fourth-order valence-electron chi connectivity index (χ4n) is 4.02. The molecular weight excluding hydrogens is 581 g/mol. The lowest BCUT2D eigenvalue weighted by atomic mass is 10.0. The van der Waals surface area contributed by atoms with Gasteiger partial charge in [-0.2, -0.15) is 20.2 Å². The minimum absolute atomic E-state index is 0.0875. The monoisotopic (exact) mass is 602 g/mol. The van der Waals surface area contributed by atoms with Gasteiger partial charge in [-0.25, -0.2) is 9.48 Å². The summed E-state index contributed by atoms with van der Waals surface area (Å²) in [6, 6.07) is 2.52. The van der Waals surface area contributed by atoms with E-state index >= 15 is 0 Å². The summed E-state index contributed by atoms with van der Waals surface area (Å²) in [7, 11) is -3.33. The maximum atomic E-state index is 13.1. The first-order chi connectivity index (χ1) is 17.9. The number of aryl methyl sites for hydroxylation is 1. The molecule has 3 heterocycles. The lowest BCUT2D eigenvalue weighted by Gasteiger charge is -2.49. The van der Waals surface area contributed by atoms with Crippen LogP contribution in [0.15, 0.2) is 34.6 Å². The van der Waals surface area contributed by atoms with Crippen molar-refractivity contribution in [2.75, 3.05) is 17.8 Å². The van der Waals surface area contributed by atoms with Gasteiger partial charge < -0.3 is 15.5 Å². The highest BCUT2D eigenvalue weighted by atomic mass is 32.2. The van der Waals surface area contributed by atoms with Crippen LogP contribution >= 0.6 is 35.3 Å². The molecule has 2 aliphatic heterocycles. The number of thioether (sulfide) groups is 3. The van der Waals surface area contributed by atoms with Gasteiger partial charge in [0.1, 0.15) is 22.9 Å². The topological polar surface area (TPSA) is 205 Å². The highest BCUT2D eigenvalue weighted by Gasteiger charge is 2.55. The van der Waals surface area contributed by atoms with E-state index in [1.807, 2.05) is 0 Å². The summed E-state index contributed by atoms with van der Waals surface area (Å²) in [5.74, 6) is -2.52. The number of rotatable bonds is 10. The molecular formula is C20H22N6O8S4. The quantitative estimate of drug-likeness (QED) is 0.163. The first-order valence-electron chi connectivity index (χ1n) is 10.8. The van der Waals surface area contributed by atoms with Crippen LogP contribution in [-0.4, -0.2) is 95.3 Å². The van der Waals surface area contributed by atoms with Crippen molar-refractivity contribution in [3.05, 3.63) is 40.6 Å². The second-order valence-electron chi connectivity index (χ2n) is 8.24. The maximum absolute atomic E-state index is 13.1. The fourth-order valence-corrected chi connectivity index (χ4v) is 7.72. The second-order valence-corrected chi connectivity index (χ2v) is 12.7. The van der Waals surface area contributed by atoms with Crippen LogP contribution in [0, 0.1) is 0 Å². The van der Waals surface area contributed by atoms with Gasteiger partial charge in [-0.1, -0.05) is 17.8 Å². The SMILES string of the molecule is CSCc1cc(C(C(=O)NC2C(=O)N3C(C(=O)O)=C(CSc4nnnn4C)CSC23)S(=O)(=O)O)ccc1O.